The predicted octanol–water partition coefficient (Wildman–Crippen LogP) is 3.34. The van der Waals surface area contributed by atoms with Crippen LogP contribution >= 0.6 is 11.6 Å². The van der Waals surface area contributed by atoms with Gasteiger partial charge in [0.1, 0.15) is 11.4 Å². The van der Waals surface area contributed by atoms with Crippen molar-refractivity contribution in [2.75, 3.05) is 10.6 Å². The van der Waals surface area contributed by atoms with E-state index in [0.29, 0.717) is 23.0 Å². The molecule has 11 nitrogen and oxygen atoms in total. The molecule has 0 bridgehead atoms. The van der Waals surface area contributed by atoms with E-state index in [1.54, 1.807) is 48.4 Å². The fourth-order valence-corrected chi connectivity index (χ4v) is 3.39. The number of nitrogens with zero attached hydrogens (tertiary/aromatic N) is 6. The fraction of sp³-hybridized carbons (Fsp3) is 0.227. The lowest BCUT2D eigenvalue weighted by Crippen LogP contribution is -2.21. The Morgan fingerprint density at radius 1 is 1.06 bits per heavy atom. The predicted molar refractivity (Wildman–Crippen MR) is 126 cm³/mol. The summed E-state index contributed by atoms with van der Waals surface area (Å²) in [5, 5.41) is 18.6. The van der Waals surface area contributed by atoms with E-state index < -0.39 is 11.8 Å². The van der Waals surface area contributed by atoms with Crippen LogP contribution in [0.3, 0.4) is 0 Å². The zero-order valence-corrected chi connectivity index (χ0v) is 19.6. The quantitative estimate of drug-likeness (QED) is 0.397. The normalized spacial score (nSPS) is 10.8. The van der Waals surface area contributed by atoms with Gasteiger partial charge in [0.25, 0.3) is 11.8 Å². The molecule has 0 fully saturated rings. The van der Waals surface area contributed by atoms with E-state index in [9.17, 15) is 9.59 Å². The van der Waals surface area contributed by atoms with Crippen LogP contribution in [0.4, 0.5) is 11.4 Å². The molecule has 0 aliphatic heterocycles. The van der Waals surface area contributed by atoms with Crippen LogP contribution in [0, 0.1) is 6.92 Å². The van der Waals surface area contributed by atoms with Crippen molar-refractivity contribution in [1.82, 2.24) is 29.3 Å². The fourth-order valence-electron chi connectivity index (χ4n) is 3.20. The SMILES string of the molecule is CCn1ncc(NC(=O)c2ccn(COc3ccccc3Cl)n2)c1C(=O)Nc1cnn(C)c1C. The summed E-state index contributed by atoms with van der Waals surface area (Å²) in [7, 11) is 1.78. The van der Waals surface area contributed by atoms with Gasteiger partial charge in [-0.05, 0) is 32.0 Å². The molecule has 0 spiro atoms. The maximum atomic E-state index is 13.0. The molecule has 2 N–H and O–H groups in total. The van der Waals surface area contributed by atoms with Gasteiger partial charge in [0.05, 0.1) is 34.5 Å². The standard InChI is InChI=1S/C22H23ClN8O3/c1-4-31-20(22(33)26-17-11-24-29(3)14(17)2)18(12-25-31)27-21(32)16-9-10-30(28-16)13-34-19-8-6-5-7-15(19)23/h5-12H,4,13H2,1-3H3,(H,26,33)(H,27,32). The molecule has 0 unspecified atom stereocenters. The van der Waals surface area contributed by atoms with Gasteiger partial charge in [0.15, 0.2) is 12.4 Å². The molecule has 0 radical (unpaired) electrons. The first kappa shape index (κ1) is 23.1. The van der Waals surface area contributed by atoms with E-state index in [1.807, 2.05) is 19.9 Å². The lowest BCUT2D eigenvalue weighted by Gasteiger charge is -2.09. The number of ether oxygens (including phenoxy) is 1. The number of hydrogen-bond acceptors (Lipinski definition) is 6. The van der Waals surface area contributed by atoms with Crippen LogP contribution < -0.4 is 15.4 Å². The lowest BCUT2D eigenvalue weighted by atomic mass is 10.3. The third kappa shape index (κ3) is 4.79. The van der Waals surface area contributed by atoms with Gasteiger partial charge in [-0.2, -0.15) is 15.3 Å². The highest BCUT2D eigenvalue weighted by molar-refractivity contribution is 6.32. The second-order valence-corrected chi connectivity index (χ2v) is 7.75. The van der Waals surface area contributed by atoms with Gasteiger partial charge in [-0.1, -0.05) is 23.7 Å². The number of nitrogens with one attached hydrogen (secondary N) is 2. The van der Waals surface area contributed by atoms with Crippen molar-refractivity contribution >= 4 is 34.8 Å². The van der Waals surface area contributed by atoms with Crippen molar-refractivity contribution in [2.24, 2.45) is 7.05 Å². The van der Waals surface area contributed by atoms with Gasteiger partial charge in [-0.3, -0.25) is 19.0 Å². The molecule has 0 aliphatic carbocycles. The Balaban J connectivity index is 1.46. The molecule has 176 valence electrons. The third-order valence-corrected chi connectivity index (χ3v) is 5.46. The van der Waals surface area contributed by atoms with Crippen LogP contribution in [0.15, 0.2) is 48.9 Å². The Morgan fingerprint density at radius 3 is 2.50 bits per heavy atom. The first-order valence-electron chi connectivity index (χ1n) is 10.4. The number of carbonyl (C=O) groups is 2. The Hall–Kier alpha value is -4.12. The number of carbonyl (C=O) groups excluding carboxylic acids is 2. The first-order valence-corrected chi connectivity index (χ1v) is 10.8. The molecule has 2 amide bonds. The zero-order chi connectivity index (χ0) is 24.2. The highest BCUT2D eigenvalue weighted by Gasteiger charge is 2.22. The number of hydrogen-bond donors (Lipinski definition) is 2. The number of para-hydroxylation sites is 1. The topological polar surface area (TPSA) is 121 Å². The summed E-state index contributed by atoms with van der Waals surface area (Å²) in [4.78, 5) is 25.8. The summed E-state index contributed by atoms with van der Waals surface area (Å²) >= 11 is 6.09. The summed E-state index contributed by atoms with van der Waals surface area (Å²) in [5.41, 5.74) is 2.02. The highest BCUT2D eigenvalue weighted by Crippen LogP contribution is 2.23. The van der Waals surface area contributed by atoms with Gasteiger partial charge in [-0.15, -0.1) is 0 Å². The number of amides is 2. The highest BCUT2D eigenvalue weighted by atomic mass is 35.5. The van der Waals surface area contributed by atoms with Crippen LogP contribution in [-0.4, -0.2) is 41.2 Å². The number of benzene rings is 1. The first-order chi connectivity index (χ1) is 16.4. The third-order valence-electron chi connectivity index (χ3n) is 5.15. The minimum absolute atomic E-state index is 0.0723. The van der Waals surface area contributed by atoms with Crippen molar-refractivity contribution in [2.45, 2.75) is 27.1 Å². The average molecular weight is 483 g/mol. The van der Waals surface area contributed by atoms with Gasteiger partial charge in [0.2, 0.25) is 0 Å². The largest absolute Gasteiger partial charge is 0.470 e. The van der Waals surface area contributed by atoms with Gasteiger partial charge in [-0.25, -0.2) is 4.68 Å². The molecule has 0 saturated heterocycles. The maximum absolute atomic E-state index is 13.0. The molecule has 0 atom stereocenters. The van der Waals surface area contributed by atoms with Gasteiger partial charge >= 0.3 is 0 Å². The van der Waals surface area contributed by atoms with E-state index in [2.05, 4.69) is 25.9 Å². The zero-order valence-electron chi connectivity index (χ0n) is 18.8. The van der Waals surface area contributed by atoms with E-state index >= 15 is 0 Å². The van der Waals surface area contributed by atoms with E-state index in [0.717, 1.165) is 5.69 Å². The minimum atomic E-state index is -0.487. The van der Waals surface area contributed by atoms with Crippen molar-refractivity contribution < 1.29 is 14.3 Å². The number of aryl methyl sites for hydroxylation is 2. The Labute approximate surface area is 200 Å². The van der Waals surface area contributed by atoms with Gasteiger partial charge in [0, 0.05) is 19.8 Å². The van der Waals surface area contributed by atoms with Crippen molar-refractivity contribution in [1.29, 1.82) is 0 Å². The van der Waals surface area contributed by atoms with Crippen LogP contribution in [0.5, 0.6) is 5.75 Å². The number of aromatic nitrogens is 6. The van der Waals surface area contributed by atoms with E-state index in [4.69, 9.17) is 16.3 Å². The summed E-state index contributed by atoms with van der Waals surface area (Å²) in [5.74, 6) is -0.389. The van der Waals surface area contributed by atoms with Crippen LogP contribution in [-0.2, 0) is 20.3 Å². The average Bonchev–Trinajstić information content (AvgIpc) is 3.54. The van der Waals surface area contributed by atoms with Gasteiger partial charge < -0.3 is 15.4 Å². The molecule has 0 saturated carbocycles. The lowest BCUT2D eigenvalue weighted by molar-refractivity contribution is 0.101. The smallest absolute Gasteiger partial charge is 0.276 e. The molecule has 3 aromatic heterocycles. The van der Waals surface area contributed by atoms with Crippen molar-refractivity contribution in [3.63, 3.8) is 0 Å². The second kappa shape index (κ2) is 9.79. The number of halogens is 1. The summed E-state index contributed by atoms with van der Waals surface area (Å²) in [6, 6.07) is 8.62. The summed E-state index contributed by atoms with van der Waals surface area (Å²) in [6.07, 6.45) is 4.61. The van der Waals surface area contributed by atoms with Crippen molar-refractivity contribution in [3.8, 4) is 5.75 Å². The molecule has 1 aromatic carbocycles. The minimum Gasteiger partial charge on any atom is -0.470 e. The molecular formula is C22H23ClN8O3. The molecule has 3 heterocycles. The Morgan fingerprint density at radius 2 is 1.79 bits per heavy atom. The number of anilines is 2. The maximum Gasteiger partial charge on any atom is 0.276 e. The van der Waals surface area contributed by atoms with Crippen molar-refractivity contribution in [3.05, 3.63) is 71.0 Å². The van der Waals surface area contributed by atoms with E-state index in [-0.39, 0.29) is 23.8 Å². The second-order valence-electron chi connectivity index (χ2n) is 7.34. The molecular weight excluding hydrogens is 460 g/mol. The van der Waals surface area contributed by atoms with Crippen LogP contribution in [0.25, 0.3) is 0 Å². The molecule has 0 aliphatic rings. The van der Waals surface area contributed by atoms with E-state index in [1.165, 1.54) is 15.6 Å². The summed E-state index contributed by atoms with van der Waals surface area (Å²) < 4.78 is 10.3. The molecule has 4 rings (SSSR count). The Bertz CT molecular complexity index is 1340. The molecule has 4 aromatic rings. The molecule has 12 heteroatoms. The number of rotatable bonds is 8. The molecule has 34 heavy (non-hydrogen) atoms. The van der Waals surface area contributed by atoms with Crippen LogP contribution in [0.2, 0.25) is 5.02 Å². The van der Waals surface area contributed by atoms with Crippen LogP contribution in [0.1, 0.15) is 33.6 Å². The monoisotopic (exact) mass is 482 g/mol. The Kier molecular flexibility index (Phi) is 6.64. The summed E-state index contributed by atoms with van der Waals surface area (Å²) in [6.45, 7) is 4.21.